The first-order valence-corrected chi connectivity index (χ1v) is 21.1. The van der Waals surface area contributed by atoms with Gasteiger partial charge in [-0.1, -0.05) is 93.9 Å². The van der Waals surface area contributed by atoms with Gasteiger partial charge in [-0.2, -0.15) is 0 Å². The smallest absolute Gasteiger partial charge is 0.481 e. The quantitative estimate of drug-likeness (QED) is 0.150. The number of aliphatic hydroxyl groups is 2. The number of ether oxygens (including phenoxy) is 1. The highest BCUT2D eigenvalue weighted by molar-refractivity contribution is 7.31. The molecule has 0 aromatic carbocycles. The molecule has 5 heterocycles. The minimum atomic E-state index is -0.478. The SMILES string of the molecule is CC(C)CCCC(C)CCC1(CCC(C)CCCC(C)C)Oc2cc(B3OCC(C)(CO)CO3)sc2-c2sc(B3OCC(C)(CO)CO3)cc21. The summed E-state index contributed by atoms with van der Waals surface area (Å²) in [4.78, 5) is 2.37. The minimum Gasteiger partial charge on any atom is -0.481 e. The van der Waals surface area contributed by atoms with Crippen LogP contribution in [0, 0.1) is 34.5 Å². The van der Waals surface area contributed by atoms with Crippen LogP contribution in [0.2, 0.25) is 0 Å². The molecule has 2 unspecified atom stereocenters. The van der Waals surface area contributed by atoms with Gasteiger partial charge in [0.05, 0.1) is 23.0 Å². The average molecular weight is 731 g/mol. The van der Waals surface area contributed by atoms with Crippen LogP contribution in [0.4, 0.5) is 0 Å². The van der Waals surface area contributed by atoms with Crippen LogP contribution in [0.25, 0.3) is 9.75 Å². The van der Waals surface area contributed by atoms with Crippen molar-refractivity contribution < 1.29 is 33.6 Å². The van der Waals surface area contributed by atoms with Crippen molar-refractivity contribution in [3.8, 4) is 15.5 Å². The molecule has 11 heteroatoms. The second-order valence-corrected chi connectivity index (χ2v) is 19.8. The zero-order valence-electron chi connectivity index (χ0n) is 32.2. The zero-order valence-corrected chi connectivity index (χ0v) is 33.8. The van der Waals surface area contributed by atoms with Gasteiger partial charge in [-0.3, -0.25) is 0 Å². The molecule has 7 nitrogen and oxygen atoms in total. The van der Waals surface area contributed by atoms with Crippen molar-refractivity contribution in [3.05, 3.63) is 17.7 Å². The number of hydrogen-bond donors (Lipinski definition) is 2. The van der Waals surface area contributed by atoms with Crippen molar-refractivity contribution in [2.24, 2.45) is 34.5 Å². The average Bonchev–Trinajstić information content (AvgIpc) is 3.72. The molecule has 2 saturated heterocycles. The van der Waals surface area contributed by atoms with Gasteiger partial charge in [-0.25, -0.2) is 0 Å². The Bertz CT molecular complexity index is 1320. The Morgan fingerprint density at radius 2 is 1.08 bits per heavy atom. The van der Waals surface area contributed by atoms with E-state index in [9.17, 15) is 10.2 Å². The van der Waals surface area contributed by atoms with Crippen LogP contribution in [0.5, 0.6) is 5.75 Å². The van der Waals surface area contributed by atoms with Crippen LogP contribution in [0.15, 0.2) is 12.1 Å². The highest BCUT2D eigenvalue weighted by Crippen LogP contribution is 2.54. The van der Waals surface area contributed by atoms with Crippen molar-refractivity contribution in [1.82, 2.24) is 0 Å². The summed E-state index contributed by atoms with van der Waals surface area (Å²) in [6.45, 7) is 20.0. The molecule has 0 amide bonds. The van der Waals surface area contributed by atoms with Crippen LogP contribution < -0.4 is 14.3 Å². The van der Waals surface area contributed by atoms with E-state index in [1.165, 1.54) is 49.0 Å². The first-order chi connectivity index (χ1) is 23.8. The lowest BCUT2D eigenvalue weighted by atomic mass is 9.76. The van der Waals surface area contributed by atoms with E-state index >= 15 is 0 Å². The fourth-order valence-electron chi connectivity index (χ4n) is 7.33. The normalized spacial score (nSPS) is 22.8. The van der Waals surface area contributed by atoms with Crippen molar-refractivity contribution in [2.45, 2.75) is 125 Å². The summed E-state index contributed by atoms with van der Waals surface area (Å²) < 4.78 is 34.4. The topological polar surface area (TPSA) is 86.6 Å². The van der Waals surface area contributed by atoms with Gasteiger partial charge in [0, 0.05) is 52.4 Å². The van der Waals surface area contributed by atoms with Crippen LogP contribution in [-0.2, 0) is 24.2 Å². The van der Waals surface area contributed by atoms with E-state index in [4.69, 9.17) is 23.4 Å². The van der Waals surface area contributed by atoms with E-state index in [1.807, 2.05) is 13.8 Å². The molecule has 2 N–H and O–H groups in total. The minimum absolute atomic E-state index is 0.0299. The van der Waals surface area contributed by atoms with E-state index in [1.54, 1.807) is 22.7 Å². The van der Waals surface area contributed by atoms with Gasteiger partial charge in [0.2, 0.25) is 0 Å². The third-order valence-corrected chi connectivity index (χ3v) is 13.5. The van der Waals surface area contributed by atoms with E-state index < -0.39 is 25.3 Å². The number of thiophene rings is 2. The largest absolute Gasteiger partial charge is 0.504 e. The van der Waals surface area contributed by atoms with Gasteiger partial charge in [0.15, 0.2) is 0 Å². The van der Waals surface area contributed by atoms with Gasteiger partial charge in [0.25, 0.3) is 0 Å². The predicted molar refractivity (Wildman–Crippen MR) is 209 cm³/mol. The third-order valence-electron chi connectivity index (χ3n) is 11.1. The molecule has 0 saturated carbocycles. The van der Waals surface area contributed by atoms with Crippen molar-refractivity contribution in [1.29, 1.82) is 0 Å². The lowest BCUT2D eigenvalue weighted by Crippen LogP contribution is -2.49. The second kappa shape index (κ2) is 17.5. The van der Waals surface area contributed by atoms with Crippen LogP contribution in [-0.4, -0.2) is 64.1 Å². The summed E-state index contributed by atoms with van der Waals surface area (Å²) in [5.41, 5.74) is 0.0350. The van der Waals surface area contributed by atoms with Crippen LogP contribution >= 0.6 is 22.7 Å². The molecule has 2 fully saturated rings. The highest BCUT2D eigenvalue weighted by Gasteiger charge is 2.47. The summed E-state index contributed by atoms with van der Waals surface area (Å²) in [5.74, 6) is 3.63. The Labute approximate surface area is 311 Å². The Hall–Kier alpha value is -0.910. The zero-order chi connectivity index (χ0) is 36.1. The molecular weight excluding hydrogens is 666 g/mol. The monoisotopic (exact) mass is 730 g/mol. The van der Waals surface area contributed by atoms with Crippen LogP contribution in [0.3, 0.4) is 0 Å². The molecule has 2 atom stereocenters. The molecule has 0 aliphatic carbocycles. The van der Waals surface area contributed by atoms with Crippen molar-refractivity contribution >= 4 is 46.5 Å². The summed E-state index contributed by atoms with van der Waals surface area (Å²) in [5, 5.41) is 19.8. The molecule has 280 valence electrons. The lowest BCUT2D eigenvalue weighted by molar-refractivity contribution is -0.0145. The molecule has 0 spiro atoms. The molecule has 2 aromatic rings. The van der Waals surface area contributed by atoms with Gasteiger partial charge in [-0.05, 0) is 61.5 Å². The molecule has 3 aliphatic heterocycles. The molecule has 5 rings (SSSR count). The summed E-state index contributed by atoms with van der Waals surface area (Å²) in [6.07, 6.45) is 11.7. The molecular formula is C39H64B2O7S2. The van der Waals surface area contributed by atoms with E-state index in [-0.39, 0.29) is 18.6 Å². The molecule has 3 aliphatic rings. The van der Waals surface area contributed by atoms with E-state index in [0.717, 1.165) is 57.7 Å². The highest BCUT2D eigenvalue weighted by atomic mass is 32.1. The lowest BCUT2D eigenvalue weighted by Gasteiger charge is -2.39. The standard InChI is InChI=1S/C39H64B2O7S2/c1-27(2)11-9-13-29(5)15-17-39(18-16-30(6)14-10-12-28(3)4)31-19-33(40-44-23-37(7,21-42)24-45-40)49-35(31)36-32(48-39)20-34(50-36)41-46-25-38(8,22-43)26-47-41/h19-20,27-30,42-43H,9-18,21-26H2,1-8H3. The number of fused-ring (bicyclic) bond motifs is 3. The van der Waals surface area contributed by atoms with E-state index in [2.05, 4.69) is 53.7 Å². The second-order valence-electron chi connectivity index (χ2n) is 17.6. The first kappa shape index (κ1) is 40.3. The van der Waals surface area contributed by atoms with Crippen molar-refractivity contribution in [2.75, 3.05) is 39.6 Å². The Kier molecular flexibility index (Phi) is 14.1. The first-order valence-electron chi connectivity index (χ1n) is 19.4. The maximum absolute atomic E-state index is 9.93. The van der Waals surface area contributed by atoms with Gasteiger partial charge < -0.3 is 33.6 Å². The summed E-state index contributed by atoms with van der Waals surface area (Å²) >= 11 is 3.45. The molecule has 50 heavy (non-hydrogen) atoms. The Morgan fingerprint density at radius 1 is 0.640 bits per heavy atom. The number of rotatable bonds is 18. The Balaban J connectivity index is 1.47. The van der Waals surface area contributed by atoms with Gasteiger partial charge >= 0.3 is 14.2 Å². The third kappa shape index (κ3) is 9.99. The number of hydrogen-bond acceptors (Lipinski definition) is 9. The fourth-order valence-corrected chi connectivity index (χ4v) is 9.81. The number of aliphatic hydroxyl groups excluding tert-OH is 2. The fraction of sp³-hybridized carbons (Fsp3) is 0.795. The van der Waals surface area contributed by atoms with Crippen LogP contribution in [0.1, 0.15) is 125 Å². The molecule has 0 bridgehead atoms. The predicted octanol–water partition coefficient (Wildman–Crippen LogP) is 8.03. The maximum Gasteiger partial charge on any atom is 0.504 e. The summed E-state index contributed by atoms with van der Waals surface area (Å²) in [7, 11) is -0.939. The van der Waals surface area contributed by atoms with Gasteiger partial charge in [0.1, 0.15) is 11.4 Å². The van der Waals surface area contributed by atoms with Crippen molar-refractivity contribution in [3.63, 3.8) is 0 Å². The Morgan fingerprint density at radius 3 is 1.52 bits per heavy atom. The summed E-state index contributed by atoms with van der Waals surface area (Å²) in [6, 6.07) is 4.48. The van der Waals surface area contributed by atoms with E-state index in [0.29, 0.717) is 38.3 Å². The van der Waals surface area contributed by atoms with Gasteiger partial charge in [-0.15, -0.1) is 22.7 Å². The maximum atomic E-state index is 9.93. The molecule has 2 aromatic heterocycles. The molecule has 0 radical (unpaired) electrons.